The number of rotatable bonds is 0. The van der Waals surface area contributed by atoms with Crippen molar-refractivity contribution in [3.63, 3.8) is 0 Å². The molecule has 5 rings (SSSR count). The van der Waals surface area contributed by atoms with Crippen molar-refractivity contribution in [2.24, 2.45) is 35.0 Å². The lowest BCUT2D eigenvalue weighted by molar-refractivity contribution is -0.146. The smallest absolute Gasteiger partial charge is 0.314 e. The van der Waals surface area contributed by atoms with E-state index in [4.69, 9.17) is 4.74 Å². The monoisotopic (exact) mass is 318 g/mol. The van der Waals surface area contributed by atoms with Gasteiger partial charge in [-0.25, -0.2) is 0 Å². The van der Waals surface area contributed by atoms with Crippen LogP contribution in [0.4, 0.5) is 0 Å². The fourth-order valence-electron chi connectivity index (χ4n) is 5.12. The van der Waals surface area contributed by atoms with E-state index in [0.29, 0.717) is 23.2 Å². The van der Waals surface area contributed by atoms with E-state index >= 15 is 0 Å². The molecule has 1 aliphatic heterocycles. The number of hydrogen-bond donors (Lipinski definition) is 1. The van der Waals surface area contributed by atoms with E-state index in [9.17, 15) is 9.90 Å². The molecule has 3 heteroatoms. The van der Waals surface area contributed by atoms with Crippen molar-refractivity contribution in [3.05, 3.63) is 24.0 Å². The Bertz CT molecular complexity index is 545. The van der Waals surface area contributed by atoms with Crippen LogP contribution in [0.15, 0.2) is 24.0 Å². The first-order chi connectivity index (χ1) is 10.7. The fourth-order valence-corrected chi connectivity index (χ4v) is 5.12. The highest BCUT2D eigenvalue weighted by Crippen LogP contribution is 2.60. The second-order valence-electron chi connectivity index (χ2n) is 8.62. The summed E-state index contributed by atoms with van der Waals surface area (Å²) in [5, 5.41) is 9.51. The lowest BCUT2D eigenvalue weighted by atomic mass is 9.47. The summed E-state index contributed by atoms with van der Waals surface area (Å²) >= 11 is 0. The first-order valence-electron chi connectivity index (χ1n) is 8.97. The number of ether oxygens (including phenoxy) is 1. The molecule has 2 bridgehead atoms. The Morgan fingerprint density at radius 1 is 1.30 bits per heavy atom. The normalized spacial score (nSPS) is 43.4. The molecule has 4 fully saturated rings. The molecule has 0 amide bonds. The molecule has 6 atom stereocenters. The summed E-state index contributed by atoms with van der Waals surface area (Å²) in [6, 6.07) is 0. The average Bonchev–Trinajstić information content (AvgIpc) is 2.89. The Morgan fingerprint density at radius 3 is 2.52 bits per heavy atom. The van der Waals surface area contributed by atoms with E-state index in [1.54, 1.807) is 6.26 Å². The van der Waals surface area contributed by atoms with Gasteiger partial charge in [0.15, 0.2) is 0 Å². The van der Waals surface area contributed by atoms with Crippen molar-refractivity contribution in [2.75, 3.05) is 0 Å². The molecular weight excluding hydrogens is 288 g/mol. The zero-order valence-electron chi connectivity index (χ0n) is 14.8. The molecule has 0 aromatic rings. The summed E-state index contributed by atoms with van der Waals surface area (Å²) in [7, 11) is 0. The van der Waals surface area contributed by atoms with E-state index in [2.05, 4.69) is 34.3 Å². The van der Waals surface area contributed by atoms with Crippen LogP contribution in [-0.4, -0.2) is 17.2 Å². The molecule has 5 aliphatic rings. The Morgan fingerprint density at radius 2 is 2.00 bits per heavy atom. The number of hydrogen-bond acceptors (Lipinski definition) is 3. The van der Waals surface area contributed by atoms with Crippen molar-refractivity contribution in [1.29, 1.82) is 0 Å². The van der Waals surface area contributed by atoms with Gasteiger partial charge in [-0.3, -0.25) is 4.79 Å². The van der Waals surface area contributed by atoms with Crippen LogP contribution >= 0.6 is 0 Å². The molecular formula is C20H30O3. The van der Waals surface area contributed by atoms with Gasteiger partial charge >= 0.3 is 5.97 Å². The molecule has 1 heterocycles. The van der Waals surface area contributed by atoms with Gasteiger partial charge in [0.1, 0.15) is 0 Å². The van der Waals surface area contributed by atoms with E-state index in [0.717, 1.165) is 30.8 Å². The average molecular weight is 318 g/mol. The topological polar surface area (TPSA) is 46.5 Å². The predicted octanol–water partition coefficient (Wildman–Crippen LogP) is 4.08. The van der Waals surface area contributed by atoms with Gasteiger partial charge in [0, 0.05) is 0 Å². The van der Waals surface area contributed by atoms with Crippen LogP contribution in [-0.2, 0) is 9.53 Å². The summed E-state index contributed by atoms with van der Waals surface area (Å²) in [6.07, 6.45) is 5.96. The number of esters is 1. The summed E-state index contributed by atoms with van der Waals surface area (Å²) in [5.41, 5.74) is 2.75. The highest BCUT2D eigenvalue weighted by molar-refractivity contribution is 5.76. The maximum absolute atomic E-state index is 11.4. The molecule has 3 nitrogen and oxygen atoms in total. The number of aliphatic hydroxyl groups is 1. The molecule has 0 aromatic carbocycles. The minimum Gasteiger partial charge on any atom is -0.434 e. The van der Waals surface area contributed by atoms with Crippen LogP contribution in [0.1, 0.15) is 53.4 Å². The van der Waals surface area contributed by atoms with Crippen LogP contribution in [0, 0.1) is 35.0 Å². The number of fused-ring (bicyclic) bond motifs is 3. The quantitative estimate of drug-likeness (QED) is 0.541. The standard InChI is InChI=1S/C10H14O2.C10H16O/c1-6-3-4-8-7(2)5-12-10(11)9(6)8;1-6-8-4-7(5-9(6)11)10(8,2)3/h5-6,8-9H,3-4H2,1-2H3;7-9,11H,1,4-5H2,2-3H3/t6-,8+,9+;7-,8+,9+/m00/s1. The number of carbonyl (C=O) groups excluding carboxylic acids is 1. The van der Waals surface area contributed by atoms with Gasteiger partial charge in [-0.1, -0.05) is 27.4 Å². The second kappa shape index (κ2) is 5.77. The van der Waals surface area contributed by atoms with Gasteiger partial charge < -0.3 is 9.84 Å². The molecule has 0 saturated heterocycles. The Labute approximate surface area is 139 Å². The van der Waals surface area contributed by atoms with Gasteiger partial charge in [-0.2, -0.15) is 0 Å². The number of aliphatic hydroxyl groups excluding tert-OH is 1. The summed E-state index contributed by atoms with van der Waals surface area (Å²) in [6.45, 7) is 12.7. The molecule has 0 radical (unpaired) electrons. The third kappa shape index (κ3) is 2.67. The lowest BCUT2D eigenvalue weighted by Crippen LogP contribution is -2.53. The molecule has 0 spiro atoms. The van der Waals surface area contributed by atoms with Gasteiger partial charge in [0.25, 0.3) is 0 Å². The first kappa shape index (κ1) is 16.8. The summed E-state index contributed by atoms with van der Waals surface area (Å²) < 4.78 is 4.97. The van der Waals surface area contributed by atoms with Crippen molar-refractivity contribution < 1.29 is 14.6 Å². The van der Waals surface area contributed by atoms with E-state index < -0.39 is 0 Å². The van der Waals surface area contributed by atoms with Gasteiger partial charge in [-0.15, -0.1) is 0 Å². The lowest BCUT2D eigenvalue weighted by Gasteiger charge is -2.59. The van der Waals surface area contributed by atoms with E-state index in [1.165, 1.54) is 12.0 Å². The van der Waals surface area contributed by atoms with Crippen LogP contribution in [0.3, 0.4) is 0 Å². The maximum Gasteiger partial charge on any atom is 0.314 e. The zero-order valence-corrected chi connectivity index (χ0v) is 14.8. The fraction of sp³-hybridized carbons (Fsp3) is 0.750. The molecule has 128 valence electrons. The molecule has 23 heavy (non-hydrogen) atoms. The number of allylic oxidation sites excluding steroid dienone is 1. The van der Waals surface area contributed by atoms with E-state index in [-0.39, 0.29) is 18.0 Å². The van der Waals surface area contributed by atoms with Gasteiger partial charge in [-0.05, 0) is 72.8 Å². The van der Waals surface area contributed by atoms with Crippen molar-refractivity contribution in [2.45, 2.75) is 59.5 Å². The third-order valence-corrected chi connectivity index (χ3v) is 7.05. The Hall–Kier alpha value is -1.09. The predicted molar refractivity (Wildman–Crippen MR) is 90.4 cm³/mol. The third-order valence-electron chi connectivity index (χ3n) is 7.05. The highest BCUT2D eigenvalue weighted by Gasteiger charge is 2.54. The van der Waals surface area contributed by atoms with Gasteiger partial charge in [0.05, 0.1) is 18.3 Å². The molecule has 0 aromatic heterocycles. The van der Waals surface area contributed by atoms with Crippen molar-refractivity contribution >= 4 is 5.97 Å². The zero-order chi connectivity index (χ0) is 16.9. The first-order valence-corrected chi connectivity index (χ1v) is 8.97. The maximum atomic E-state index is 11.4. The van der Waals surface area contributed by atoms with Gasteiger partial charge in [0.2, 0.25) is 0 Å². The highest BCUT2D eigenvalue weighted by atomic mass is 16.5. The van der Waals surface area contributed by atoms with Crippen LogP contribution in [0.25, 0.3) is 0 Å². The minimum absolute atomic E-state index is 0.0180. The largest absolute Gasteiger partial charge is 0.434 e. The minimum atomic E-state index is -0.202. The summed E-state index contributed by atoms with van der Waals surface area (Å²) in [5.74, 6) is 2.45. The van der Waals surface area contributed by atoms with Crippen LogP contribution in [0.5, 0.6) is 0 Å². The molecule has 4 saturated carbocycles. The molecule has 4 aliphatic carbocycles. The van der Waals surface area contributed by atoms with Crippen LogP contribution < -0.4 is 0 Å². The molecule has 0 unspecified atom stereocenters. The van der Waals surface area contributed by atoms with Crippen molar-refractivity contribution in [3.8, 4) is 0 Å². The molecule has 1 N–H and O–H groups in total. The summed E-state index contributed by atoms with van der Waals surface area (Å²) in [4.78, 5) is 11.4. The second-order valence-corrected chi connectivity index (χ2v) is 8.62. The van der Waals surface area contributed by atoms with E-state index in [1.807, 2.05) is 0 Å². The number of carbonyl (C=O) groups is 1. The van der Waals surface area contributed by atoms with Crippen LogP contribution in [0.2, 0.25) is 0 Å². The Balaban J connectivity index is 0.000000136. The SMILES string of the molecule is C=C1[C@H](O)C[C@@H]2C[C@H]1C2(C)C.CC1=COC(=O)[C@H]2[C@@H]1CC[C@@H]2C. The van der Waals surface area contributed by atoms with Crippen molar-refractivity contribution in [1.82, 2.24) is 0 Å². The Kier molecular flexibility index (Phi) is 4.20. The number of cyclic esters (lactones) is 1.